The van der Waals surface area contributed by atoms with E-state index in [4.69, 9.17) is 16.3 Å². The van der Waals surface area contributed by atoms with E-state index >= 15 is 0 Å². The van der Waals surface area contributed by atoms with Gasteiger partial charge in [0.15, 0.2) is 0 Å². The van der Waals surface area contributed by atoms with Gasteiger partial charge < -0.3 is 14.5 Å². The zero-order valence-corrected chi connectivity index (χ0v) is 17.8. The van der Waals surface area contributed by atoms with Crippen molar-refractivity contribution in [1.29, 1.82) is 0 Å². The molecule has 0 unspecified atom stereocenters. The number of benzene rings is 1. The first-order valence-corrected chi connectivity index (χ1v) is 10.3. The van der Waals surface area contributed by atoms with Gasteiger partial charge >= 0.3 is 0 Å². The minimum Gasteiger partial charge on any atom is -0.495 e. The number of ether oxygens (including phenoxy) is 1. The van der Waals surface area contributed by atoms with Crippen molar-refractivity contribution in [2.24, 2.45) is 0 Å². The molecule has 1 aliphatic rings. The number of aromatic nitrogens is 2. The molecule has 3 heterocycles. The van der Waals surface area contributed by atoms with Gasteiger partial charge in [0.2, 0.25) is 0 Å². The minimum absolute atomic E-state index is 0.0321. The lowest BCUT2D eigenvalue weighted by atomic mass is 10.1. The molecular formula is C24H21ClN4O2. The summed E-state index contributed by atoms with van der Waals surface area (Å²) in [5.74, 6) is 7.44. The van der Waals surface area contributed by atoms with Gasteiger partial charge in [-0.05, 0) is 48.4 Å². The van der Waals surface area contributed by atoms with Crippen molar-refractivity contribution in [2.75, 3.05) is 38.2 Å². The number of amides is 1. The molecule has 0 spiro atoms. The van der Waals surface area contributed by atoms with Crippen LogP contribution >= 0.6 is 11.6 Å². The summed E-state index contributed by atoms with van der Waals surface area (Å²) in [5.41, 5.74) is 1.89. The molecular weight excluding hydrogens is 412 g/mol. The van der Waals surface area contributed by atoms with Crippen molar-refractivity contribution in [3.63, 3.8) is 0 Å². The molecule has 6 nitrogen and oxygen atoms in total. The molecule has 0 aliphatic carbocycles. The summed E-state index contributed by atoms with van der Waals surface area (Å²) < 4.78 is 5.41. The highest BCUT2D eigenvalue weighted by molar-refractivity contribution is 6.32. The SMILES string of the molecule is COc1ccc(C(=O)N2CCN(c3ncccc3Cl)CC2)cc1C#Cc1ccccn1. The number of hydrogen-bond donors (Lipinski definition) is 0. The van der Waals surface area contributed by atoms with Crippen LogP contribution in [0.3, 0.4) is 0 Å². The highest BCUT2D eigenvalue weighted by atomic mass is 35.5. The van der Waals surface area contributed by atoms with Crippen LogP contribution in [0.2, 0.25) is 5.02 Å². The molecule has 1 fully saturated rings. The van der Waals surface area contributed by atoms with Crippen LogP contribution in [-0.2, 0) is 0 Å². The number of rotatable bonds is 3. The lowest BCUT2D eigenvalue weighted by molar-refractivity contribution is 0.0746. The van der Waals surface area contributed by atoms with Gasteiger partial charge in [-0.1, -0.05) is 23.6 Å². The Bertz CT molecular complexity index is 1130. The number of carbonyl (C=O) groups excluding carboxylic acids is 1. The molecule has 31 heavy (non-hydrogen) atoms. The van der Waals surface area contributed by atoms with E-state index in [0.29, 0.717) is 53.8 Å². The zero-order valence-electron chi connectivity index (χ0n) is 17.1. The molecule has 156 valence electrons. The fourth-order valence-corrected chi connectivity index (χ4v) is 3.66. The van der Waals surface area contributed by atoms with Crippen molar-refractivity contribution in [2.45, 2.75) is 0 Å². The summed E-state index contributed by atoms with van der Waals surface area (Å²) in [7, 11) is 1.59. The first-order chi connectivity index (χ1) is 15.2. The van der Waals surface area contributed by atoms with Crippen LogP contribution in [0, 0.1) is 11.8 Å². The van der Waals surface area contributed by atoms with Crippen LogP contribution in [0.25, 0.3) is 0 Å². The zero-order chi connectivity index (χ0) is 21.6. The van der Waals surface area contributed by atoms with Crippen molar-refractivity contribution in [3.8, 4) is 17.6 Å². The number of methoxy groups -OCH3 is 1. The largest absolute Gasteiger partial charge is 0.495 e. The van der Waals surface area contributed by atoms with Gasteiger partial charge in [0.1, 0.15) is 17.3 Å². The second-order valence-corrected chi connectivity index (χ2v) is 7.38. The average Bonchev–Trinajstić information content (AvgIpc) is 2.83. The molecule has 1 aromatic carbocycles. The van der Waals surface area contributed by atoms with Gasteiger partial charge in [0.05, 0.1) is 17.7 Å². The molecule has 3 aromatic rings. The number of halogens is 1. The van der Waals surface area contributed by atoms with E-state index in [0.717, 1.165) is 5.82 Å². The normalized spacial score (nSPS) is 13.4. The monoisotopic (exact) mass is 432 g/mol. The van der Waals surface area contributed by atoms with Gasteiger partial charge in [0.25, 0.3) is 5.91 Å². The first kappa shape index (κ1) is 20.7. The number of carbonyl (C=O) groups is 1. The summed E-state index contributed by atoms with van der Waals surface area (Å²) in [6.07, 6.45) is 3.42. The molecule has 1 saturated heterocycles. The fraction of sp³-hybridized carbons (Fsp3) is 0.208. The molecule has 0 bridgehead atoms. The number of nitrogens with zero attached hydrogens (tertiary/aromatic N) is 4. The van der Waals surface area contributed by atoms with Gasteiger partial charge in [-0.25, -0.2) is 9.97 Å². The Morgan fingerprint density at radius 1 is 1.00 bits per heavy atom. The highest BCUT2D eigenvalue weighted by Gasteiger charge is 2.24. The highest BCUT2D eigenvalue weighted by Crippen LogP contribution is 2.24. The molecule has 0 N–H and O–H groups in total. The molecule has 2 aromatic heterocycles. The van der Waals surface area contributed by atoms with Gasteiger partial charge in [-0.2, -0.15) is 0 Å². The molecule has 1 aliphatic heterocycles. The third-order valence-corrected chi connectivity index (χ3v) is 5.34. The number of anilines is 1. The Morgan fingerprint density at radius 3 is 2.52 bits per heavy atom. The van der Waals surface area contributed by atoms with Crippen LogP contribution in [0.4, 0.5) is 5.82 Å². The van der Waals surface area contributed by atoms with Crippen LogP contribution in [0.15, 0.2) is 60.9 Å². The smallest absolute Gasteiger partial charge is 0.254 e. The van der Waals surface area contributed by atoms with E-state index < -0.39 is 0 Å². The van der Waals surface area contributed by atoms with Gasteiger partial charge in [0, 0.05) is 44.1 Å². The lowest BCUT2D eigenvalue weighted by Crippen LogP contribution is -2.49. The molecule has 0 radical (unpaired) electrons. The third-order valence-electron chi connectivity index (χ3n) is 5.04. The Balaban J connectivity index is 1.49. The Labute approximate surface area is 186 Å². The lowest BCUT2D eigenvalue weighted by Gasteiger charge is -2.35. The summed E-state index contributed by atoms with van der Waals surface area (Å²) in [6, 6.07) is 14.5. The first-order valence-electron chi connectivity index (χ1n) is 9.91. The van der Waals surface area contributed by atoms with Crippen molar-refractivity contribution in [3.05, 3.63) is 82.8 Å². The molecule has 4 rings (SSSR count). The van der Waals surface area contributed by atoms with Crippen molar-refractivity contribution in [1.82, 2.24) is 14.9 Å². The maximum absolute atomic E-state index is 13.1. The second-order valence-electron chi connectivity index (χ2n) is 6.97. The predicted molar refractivity (Wildman–Crippen MR) is 121 cm³/mol. The predicted octanol–water partition coefficient (Wildman–Crippen LogP) is 3.50. The van der Waals surface area contributed by atoms with Gasteiger partial charge in [-0.15, -0.1) is 0 Å². The van der Waals surface area contributed by atoms with Crippen LogP contribution in [0.5, 0.6) is 5.75 Å². The fourth-order valence-electron chi connectivity index (χ4n) is 3.42. The van der Waals surface area contributed by atoms with E-state index in [1.54, 1.807) is 37.7 Å². The van der Waals surface area contributed by atoms with Crippen molar-refractivity contribution >= 4 is 23.3 Å². The maximum atomic E-state index is 13.1. The van der Waals surface area contributed by atoms with E-state index in [1.807, 2.05) is 35.2 Å². The third kappa shape index (κ3) is 4.79. The summed E-state index contributed by atoms with van der Waals surface area (Å²) in [4.78, 5) is 25.6. The minimum atomic E-state index is -0.0321. The van der Waals surface area contributed by atoms with Gasteiger partial charge in [-0.3, -0.25) is 4.79 Å². The van der Waals surface area contributed by atoms with E-state index in [9.17, 15) is 4.79 Å². The average molecular weight is 433 g/mol. The quantitative estimate of drug-likeness (QED) is 0.593. The maximum Gasteiger partial charge on any atom is 0.254 e. The Morgan fingerprint density at radius 2 is 1.81 bits per heavy atom. The molecule has 0 atom stereocenters. The molecule has 1 amide bonds. The summed E-state index contributed by atoms with van der Waals surface area (Å²) >= 11 is 6.26. The van der Waals surface area contributed by atoms with Crippen LogP contribution in [-0.4, -0.2) is 54.1 Å². The van der Waals surface area contributed by atoms with E-state index in [1.165, 1.54) is 0 Å². The standard InChI is InChI=1S/C24H21ClN4O2/c1-31-22-10-8-19(17-18(22)7-9-20-5-2-3-11-26-20)24(30)29-15-13-28(14-16-29)23-21(25)6-4-12-27-23/h2-6,8,10-12,17H,13-16H2,1H3. The van der Waals surface area contributed by atoms with Crippen LogP contribution in [0.1, 0.15) is 21.6 Å². The van der Waals surface area contributed by atoms with Crippen molar-refractivity contribution < 1.29 is 9.53 Å². The number of hydrogen-bond acceptors (Lipinski definition) is 5. The van der Waals surface area contributed by atoms with Crippen LogP contribution < -0.4 is 9.64 Å². The Kier molecular flexibility index (Phi) is 6.34. The summed E-state index contributed by atoms with van der Waals surface area (Å²) in [5, 5.41) is 0.619. The Hall–Kier alpha value is -3.56. The number of piperazine rings is 1. The summed E-state index contributed by atoms with van der Waals surface area (Å²) in [6.45, 7) is 2.52. The van der Waals surface area contributed by atoms with E-state index in [2.05, 4.69) is 26.7 Å². The second kappa shape index (κ2) is 9.50. The molecule has 0 saturated carbocycles. The molecule has 7 heteroatoms. The van der Waals surface area contributed by atoms with E-state index in [-0.39, 0.29) is 5.91 Å². The number of pyridine rings is 2. The topological polar surface area (TPSA) is 58.6 Å².